The molecule has 2 atom stereocenters. The van der Waals surface area contributed by atoms with E-state index in [1.54, 1.807) is 25.1 Å². The Balaban J connectivity index is 2.20. The van der Waals surface area contributed by atoms with Crippen LogP contribution in [-0.2, 0) is 10.0 Å². The third-order valence-electron chi connectivity index (χ3n) is 3.87. The summed E-state index contributed by atoms with van der Waals surface area (Å²) in [6, 6.07) is 5.06. The molecule has 1 aromatic rings. The van der Waals surface area contributed by atoms with Crippen LogP contribution in [0.4, 0.5) is 5.69 Å². The first-order valence-corrected chi connectivity index (χ1v) is 8.26. The van der Waals surface area contributed by atoms with E-state index in [2.05, 4.69) is 11.6 Å². The van der Waals surface area contributed by atoms with Crippen molar-refractivity contribution in [3.05, 3.63) is 23.8 Å². The molecule has 0 aliphatic heterocycles. The standard InChI is InChI=1S/C14H22N2O2S/c1-10-5-3-6-12(9-10)16-19(17,18)14-8-4-7-13(15)11(14)2/h4,7-8,10,12,16H,3,5-6,9,15H2,1-2H3. The van der Waals surface area contributed by atoms with Gasteiger partial charge in [-0.2, -0.15) is 0 Å². The van der Waals surface area contributed by atoms with E-state index in [1.807, 2.05) is 0 Å². The predicted molar refractivity (Wildman–Crippen MR) is 77.3 cm³/mol. The molecule has 1 aliphatic rings. The molecule has 1 saturated carbocycles. The molecule has 5 heteroatoms. The highest BCUT2D eigenvalue weighted by Crippen LogP contribution is 2.26. The molecule has 1 fully saturated rings. The van der Waals surface area contributed by atoms with Gasteiger partial charge in [-0.3, -0.25) is 0 Å². The minimum absolute atomic E-state index is 0.0505. The fraction of sp³-hybridized carbons (Fsp3) is 0.571. The van der Waals surface area contributed by atoms with Crippen molar-refractivity contribution in [2.45, 2.75) is 50.5 Å². The zero-order valence-electron chi connectivity index (χ0n) is 11.5. The number of sulfonamides is 1. The Morgan fingerprint density at radius 3 is 2.74 bits per heavy atom. The van der Waals surface area contributed by atoms with E-state index in [-0.39, 0.29) is 6.04 Å². The van der Waals surface area contributed by atoms with Gasteiger partial charge >= 0.3 is 0 Å². The summed E-state index contributed by atoms with van der Waals surface area (Å²) in [5.74, 6) is 0.586. The van der Waals surface area contributed by atoms with Crippen molar-refractivity contribution >= 4 is 15.7 Å². The molecule has 2 unspecified atom stereocenters. The van der Waals surface area contributed by atoms with E-state index in [4.69, 9.17) is 5.73 Å². The number of nitrogen functional groups attached to an aromatic ring is 1. The molecule has 0 amide bonds. The molecule has 0 radical (unpaired) electrons. The van der Waals surface area contributed by atoms with Crippen molar-refractivity contribution in [1.29, 1.82) is 0 Å². The summed E-state index contributed by atoms with van der Waals surface area (Å²) in [6.45, 7) is 3.92. The number of anilines is 1. The van der Waals surface area contributed by atoms with E-state index in [0.717, 1.165) is 19.3 Å². The lowest BCUT2D eigenvalue weighted by Gasteiger charge is -2.27. The molecule has 1 aliphatic carbocycles. The van der Waals surface area contributed by atoms with Crippen LogP contribution in [0.15, 0.2) is 23.1 Å². The average molecular weight is 282 g/mol. The molecule has 0 heterocycles. The van der Waals surface area contributed by atoms with Crippen molar-refractivity contribution < 1.29 is 8.42 Å². The highest BCUT2D eigenvalue weighted by molar-refractivity contribution is 7.89. The van der Waals surface area contributed by atoms with Crippen molar-refractivity contribution in [1.82, 2.24) is 4.72 Å². The van der Waals surface area contributed by atoms with Crippen LogP contribution in [0.2, 0.25) is 0 Å². The van der Waals surface area contributed by atoms with E-state index in [9.17, 15) is 8.42 Å². The Morgan fingerprint density at radius 1 is 1.32 bits per heavy atom. The van der Waals surface area contributed by atoms with Gasteiger partial charge in [-0.15, -0.1) is 0 Å². The fourth-order valence-corrected chi connectivity index (χ4v) is 4.31. The number of hydrogen-bond donors (Lipinski definition) is 2. The first-order chi connectivity index (χ1) is 8.90. The van der Waals surface area contributed by atoms with Gasteiger partial charge in [0.15, 0.2) is 0 Å². The zero-order valence-corrected chi connectivity index (χ0v) is 12.3. The van der Waals surface area contributed by atoms with Crippen molar-refractivity contribution in [2.75, 3.05) is 5.73 Å². The van der Waals surface area contributed by atoms with Gasteiger partial charge in [0.05, 0.1) is 4.90 Å². The number of rotatable bonds is 3. The molecule has 4 nitrogen and oxygen atoms in total. The average Bonchev–Trinajstić information content (AvgIpc) is 2.32. The molecule has 19 heavy (non-hydrogen) atoms. The van der Waals surface area contributed by atoms with Gasteiger partial charge in [0, 0.05) is 11.7 Å². The van der Waals surface area contributed by atoms with Gasteiger partial charge in [-0.05, 0) is 43.4 Å². The van der Waals surface area contributed by atoms with Gasteiger partial charge in [0.2, 0.25) is 10.0 Å². The van der Waals surface area contributed by atoms with Crippen LogP contribution in [0.1, 0.15) is 38.2 Å². The third kappa shape index (κ3) is 3.28. The highest BCUT2D eigenvalue weighted by Gasteiger charge is 2.25. The normalized spacial score (nSPS) is 24.3. The summed E-state index contributed by atoms with van der Waals surface area (Å²) in [7, 11) is -3.47. The maximum absolute atomic E-state index is 12.4. The van der Waals surface area contributed by atoms with Gasteiger partial charge < -0.3 is 5.73 Å². The summed E-state index contributed by atoms with van der Waals surface area (Å²) in [6.07, 6.45) is 4.12. The van der Waals surface area contributed by atoms with Gasteiger partial charge in [0.1, 0.15) is 0 Å². The topological polar surface area (TPSA) is 72.2 Å². The van der Waals surface area contributed by atoms with Crippen LogP contribution in [0.3, 0.4) is 0 Å². The summed E-state index contributed by atoms with van der Waals surface area (Å²) in [4.78, 5) is 0.297. The lowest BCUT2D eigenvalue weighted by Crippen LogP contribution is -2.38. The van der Waals surface area contributed by atoms with Gasteiger partial charge in [-0.1, -0.05) is 25.8 Å². The van der Waals surface area contributed by atoms with Crippen LogP contribution in [-0.4, -0.2) is 14.5 Å². The van der Waals surface area contributed by atoms with Crippen molar-refractivity contribution in [3.63, 3.8) is 0 Å². The second-order valence-corrected chi connectivity index (χ2v) is 7.24. The molecule has 0 bridgehead atoms. The van der Waals surface area contributed by atoms with E-state index >= 15 is 0 Å². The van der Waals surface area contributed by atoms with Crippen LogP contribution in [0.25, 0.3) is 0 Å². The van der Waals surface area contributed by atoms with E-state index in [0.29, 0.717) is 22.1 Å². The Kier molecular flexibility index (Phi) is 4.16. The Hall–Kier alpha value is -1.07. The molecular weight excluding hydrogens is 260 g/mol. The number of nitrogens with one attached hydrogen (secondary N) is 1. The second kappa shape index (κ2) is 5.51. The maximum atomic E-state index is 12.4. The predicted octanol–water partition coefficient (Wildman–Crippen LogP) is 2.43. The molecule has 106 valence electrons. The summed E-state index contributed by atoms with van der Waals surface area (Å²) in [5.41, 5.74) is 6.92. The molecule has 2 rings (SSSR count). The Morgan fingerprint density at radius 2 is 2.05 bits per heavy atom. The molecule has 0 saturated heterocycles. The second-order valence-electron chi connectivity index (χ2n) is 5.56. The van der Waals surface area contributed by atoms with Crippen LogP contribution >= 0.6 is 0 Å². The Labute approximate surface area is 115 Å². The third-order valence-corrected chi connectivity index (χ3v) is 5.54. The van der Waals surface area contributed by atoms with Crippen LogP contribution < -0.4 is 10.5 Å². The van der Waals surface area contributed by atoms with Crippen molar-refractivity contribution in [2.24, 2.45) is 5.92 Å². The van der Waals surface area contributed by atoms with Crippen LogP contribution in [0.5, 0.6) is 0 Å². The fourth-order valence-electron chi connectivity index (χ4n) is 2.75. The molecule has 1 aromatic carbocycles. The summed E-state index contributed by atoms with van der Waals surface area (Å²) >= 11 is 0. The van der Waals surface area contributed by atoms with E-state index in [1.165, 1.54) is 6.42 Å². The van der Waals surface area contributed by atoms with Gasteiger partial charge in [-0.25, -0.2) is 13.1 Å². The van der Waals surface area contributed by atoms with Gasteiger partial charge in [0.25, 0.3) is 0 Å². The van der Waals surface area contributed by atoms with Crippen molar-refractivity contribution in [3.8, 4) is 0 Å². The smallest absolute Gasteiger partial charge is 0.241 e. The minimum Gasteiger partial charge on any atom is -0.398 e. The number of nitrogens with two attached hydrogens (primary N) is 1. The number of hydrogen-bond acceptors (Lipinski definition) is 3. The first kappa shape index (κ1) is 14.3. The SMILES string of the molecule is Cc1c(N)cccc1S(=O)(=O)NC1CCCC(C)C1. The van der Waals surface area contributed by atoms with Crippen LogP contribution in [0, 0.1) is 12.8 Å². The highest BCUT2D eigenvalue weighted by atomic mass is 32.2. The van der Waals surface area contributed by atoms with E-state index < -0.39 is 10.0 Å². The Bertz CT molecular complexity index is 555. The zero-order chi connectivity index (χ0) is 14.0. The molecular formula is C14H22N2O2S. The molecule has 3 N–H and O–H groups in total. The number of benzene rings is 1. The maximum Gasteiger partial charge on any atom is 0.241 e. The lowest BCUT2D eigenvalue weighted by atomic mass is 9.88. The first-order valence-electron chi connectivity index (χ1n) is 6.77. The molecule has 0 aromatic heterocycles. The monoisotopic (exact) mass is 282 g/mol. The summed E-state index contributed by atoms with van der Waals surface area (Å²) in [5, 5.41) is 0. The lowest BCUT2D eigenvalue weighted by molar-refractivity contribution is 0.327. The largest absolute Gasteiger partial charge is 0.398 e. The quantitative estimate of drug-likeness (QED) is 0.836. The molecule has 0 spiro atoms. The summed E-state index contributed by atoms with van der Waals surface area (Å²) < 4.78 is 27.7. The minimum atomic E-state index is -3.47.